The first-order valence-corrected chi connectivity index (χ1v) is 25.5. The number of thioether (sulfide) groups is 1. The van der Waals surface area contributed by atoms with Crippen molar-refractivity contribution >= 4 is 92.1 Å². The van der Waals surface area contributed by atoms with Gasteiger partial charge in [0.1, 0.15) is 32.2 Å². The Morgan fingerprint density at radius 3 is 1.81 bits per heavy atom. The fraction of sp³-hybridized carbons (Fsp3) is 0.185. The van der Waals surface area contributed by atoms with Crippen molar-refractivity contribution in [2.75, 3.05) is 11.1 Å². The van der Waals surface area contributed by atoms with Crippen molar-refractivity contribution in [1.82, 2.24) is 25.4 Å². The first kappa shape index (κ1) is 47.9. The molecular formula is C54H46N6O6S4. The summed E-state index contributed by atoms with van der Waals surface area (Å²) >= 11 is 9.43. The van der Waals surface area contributed by atoms with Crippen LogP contribution in [-0.4, -0.2) is 71.5 Å². The number of aryl methyl sites for hydroxylation is 1. The molecule has 0 radical (unpaired) electrons. The lowest BCUT2D eigenvalue weighted by Crippen LogP contribution is -2.80. The van der Waals surface area contributed by atoms with Gasteiger partial charge in [0, 0.05) is 28.1 Å². The molecule has 12 nitrogen and oxygen atoms in total. The molecule has 1 unspecified atom stereocenters. The molecule has 352 valence electrons. The average molecular weight is 1000 g/mol. The molecule has 7 aromatic rings. The van der Waals surface area contributed by atoms with Crippen LogP contribution in [0.25, 0.3) is 11.1 Å². The van der Waals surface area contributed by atoms with Crippen LogP contribution in [0, 0.1) is 6.92 Å². The minimum Gasteiger partial charge on any atom is -0.457 e. The minimum absolute atomic E-state index is 0.0260. The highest BCUT2D eigenvalue weighted by atomic mass is 32.2. The molecule has 2 aliphatic rings. The summed E-state index contributed by atoms with van der Waals surface area (Å²) in [6, 6.07) is 48.6. The Morgan fingerprint density at radius 2 is 1.33 bits per heavy atom. The summed E-state index contributed by atoms with van der Waals surface area (Å²) in [7, 11) is 0. The molecule has 2 aliphatic heterocycles. The van der Waals surface area contributed by atoms with E-state index < -0.39 is 51.9 Å². The summed E-state index contributed by atoms with van der Waals surface area (Å²) in [5.41, 5.74) is 1.01. The molecule has 0 spiro atoms. The van der Waals surface area contributed by atoms with E-state index in [9.17, 15) is 19.2 Å². The number of benzene rings is 5. The van der Waals surface area contributed by atoms with Crippen LogP contribution in [0.3, 0.4) is 0 Å². The second-order valence-electron chi connectivity index (χ2n) is 17.4. The molecule has 9 rings (SSSR count). The van der Waals surface area contributed by atoms with Crippen LogP contribution >= 0.6 is 46.7 Å². The molecule has 4 heterocycles. The predicted molar refractivity (Wildman–Crippen MR) is 279 cm³/mol. The number of hydrogen-bond donors (Lipinski definition) is 2. The lowest BCUT2D eigenvalue weighted by molar-refractivity contribution is -0.156. The summed E-state index contributed by atoms with van der Waals surface area (Å²) in [5, 5.41) is 18.7. The number of β-lactam (4-membered cyclic amide) rings is 1. The Kier molecular flexibility index (Phi) is 13.8. The smallest absolute Gasteiger partial charge is 0.356 e. The van der Waals surface area contributed by atoms with Gasteiger partial charge in [0.2, 0.25) is 0 Å². The number of ether oxygens (including phenoxy) is 2. The topological polar surface area (TPSA) is 153 Å². The SMILES string of the molecule is Cc1nnc(C2=C(C(=O)OC(c3ccccc3)c3ccccc3)N3C(=O)C(C=S)(NC(=O)C(=CC(=O)OC(C)(C)C)c4csc(NC(c5ccccc5)(c5ccccc5)c5ccccc5)n4)[C@@H]3SC2)s1. The number of nitrogens with zero attached hydrogens (tertiary/aromatic N) is 4. The van der Waals surface area contributed by atoms with E-state index in [1.807, 2.05) is 152 Å². The molecule has 0 aliphatic carbocycles. The average Bonchev–Trinajstić information content (AvgIpc) is 4.04. The molecule has 2 amide bonds. The summed E-state index contributed by atoms with van der Waals surface area (Å²) < 4.78 is 12.1. The molecule has 2 N–H and O–H groups in total. The van der Waals surface area contributed by atoms with E-state index in [-0.39, 0.29) is 22.7 Å². The zero-order chi connectivity index (χ0) is 49.0. The number of carbonyl (C=O) groups is 4. The number of thiazole rings is 1. The maximum absolute atomic E-state index is 14.9. The molecule has 5 aromatic carbocycles. The Labute approximate surface area is 422 Å². The third kappa shape index (κ3) is 9.47. The zero-order valence-corrected chi connectivity index (χ0v) is 41.7. The van der Waals surface area contributed by atoms with Crippen molar-refractivity contribution in [2.24, 2.45) is 0 Å². The minimum atomic E-state index is -1.81. The summed E-state index contributed by atoms with van der Waals surface area (Å²) in [4.78, 5) is 64.6. The second kappa shape index (κ2) is 20.1. The van der Waals surface area contributed by atoms with Gasteiger partial charge in [-0.3, -0.25) is 14.5 Å². The van der Waals surface area contributed by atoms with Crippen LogP contribution in [0.1, 0.15) is 70.4 Å². The van der Waals surface area contributed by atoms with Crippen LogP contribution in [0.5, 0.6) is 0 Å². The number of esters is 2. The summed E-state index contributed by atoms with van der Waals surface area (Å²) in [5.74, 6) is -2.86. The molecule has 0 bridgehead atoms. The molecular weight excluding hydrogens is 957 g/mol. The van der Waals surface area contributed by atoms with E-state index >= 15 is 0 Å². The third-order valence-electron chi connectivity index (χ3n) is 11.6. The van der Waals surface area contributed by atoms with Gasteiger partial charge in [0.05, 0.1) is 11.3 Å². The van der Waals surface area contributed by atoms with Gasteiger partial charge in [-0.15, -0.1) is 33.3 Å². The van der Waals surface area contributed by atoms with Gasteiger partial charge in [-0.05, 0) is 55.5 Å². The maximum atomic E-state index is 14.9. The quantitative estimate of drug-likeness (QED) is 0.0331. The van der Waals surface area contributed by atoms with E-state index in [1.54, 1.807) is 33.1 Å². The lowest BCUT2D eigenvalue weighted by Gasteiger charge is -2.55. The number of amides is 2. The maximum Gasteiger partial charge on any atom is 0.356 e. The highest BCUT2D eigenvalue weighted by Crippen LogP contribution is 2.49. The molecule has 16 heteroatoms. The van der Waals surface area contributed by atoms with Crippen LogP contribution in [-0.2, 0) is 34.2 Å². The molecule has 0 saturated carbocycles. The van der Waals surface area contributed by atoms with Crippen LogP contribution in [0.4, 0.5) is 5.13 Å². The number of thiocarbonyl (C=S) groups is 1. The van der Waals surface area contributed by atoms with E-state index in [4.69, 9.17) is 26.7 Å². The number of anilines is 1. The second-order valence-corrected chi connectivity index (χ2v) is 20.8. The highest BCUT2D eigenvalue weighted by molar-refractivity contribution is 8.00. The Morgan fingerprint density at radius 1 is 0.800 bits per heavy atom. The summed E-state index contributed by atoms with van der Waals surface area (Å²) in [6.07, 6.45) is 0.256. The van der Waals surface area contributed by atoms with Gasteiger partial charge in [-0.1, -0.05) is 175 Å². The zero-order valence-electron chi connectivity index (χ0n) is 38.4. The molecule has 2 atom stereocenters. The van der Waals surface area contributed by atoms with E-state index in [0.29, 0.717) is 20.7 Å². The van der Waals surface area contributed by atoms with Crippen molar-refractivity contribution < 1.29 is 28.7 Å². The van der Waals surface area contributed by atoms with Crippen molar-refractivity contribution in [3.8, 4) is 0 Å². The number of hydrogen-bond acceptors (Lipinski definition) is 14. The number of carbonyl (C=O) groups excluding carboxylic acids is 4. The Hall–Kier alpha value is -7.11. The summed E-state index contributed by atoms with van der Waals surface area (Å²) in [6.45, 7) is 6.96. The van der Waals surface area contributed by atoms with Crippen molar-refractivity contribution in [3.63, 3.8) is 0 Å². The fourth-order valence-electron chi connectivity index (χ4n) is 8.51. The molecule has 70 heavy (non-hydrogen) atoms. The van der Waals surface area contributed by atoms with Gasteiger partial charge in [0.25, 0.3) is 11.8 Å². The molecule has 2 aromatic heterocycles. The predicted octanol–water partition coefficient (Wildman–Crippen LogP) is 9.95. The van der Waals surface area contributed by atoms with E-state index in [1.165, 1.54) is 44.7 Å². The highest BCUT2D eigenvalue weighted by Gasteiger charge is 2.65. The van der Waals surface area contributed by atoms with Gasteiger partial charge in [-0.2, -0.15) is 0 Å². The van der Waals surface area contributed by atoms with Crippen molar-refractivity contribution in [3.05, 3.63) is 212 Å². The Balaban J connectivity index is 1.07. The Bertz CT molecular complexity index is 2990. The van der Waals surface area contributed by atoms with Crippen LogP contribution in [0.15, 0.2) is 169 Å². The monoisotopic (exact) mass is 1000 g/mol. The number of nitrogens with one attached hydrogen (secondary N) is 2. The van der Waals surface area contributed by atoms with Crippen LogP contribution in [0.2, 0.25) is 0 Å². The van der Waals surface area contributed by atoms with Gasteiger partial charge >= 0.3 is 11.9 Å². The van der Waals surface area contributed by atoms with Gasteiger partial charge in [-0.25, -0.2) is 14.6 Å². The fourth-order valence-corrected chi connectivity index (χ4v) is 11.9. The first-order valence-electron chi connectivity index (χ1n) is 22.3. The largest absolute Gasteiger partial charge is 0.457 e. The normalized spacial score (nSPS) is 17.0. The van der Waals surface area contributed by atoms with Gasteiger partial charge in [0.15, 0.2) is 16.8 Å². The number of fused-ring (bicyclic) bond motifs is 1. The van der Waals surface area contributed by atoms with Crippen LogP contribution < -0.4 is 10.6 Å². The van der Waals surface area contributed by atoms with Gasteiger partial charge < -0.3 is 20.1 Å². The van der Waals surface area contributed by atoms with Crippen molar-refractivity contribution in [1.29, 1.82) is 0 Å². The molecule has 1 saturated heterocycles. The lowest BCUT2D eigenvalue weighted by atomic mass is 9.77. The van der Waals surface area contributed by atoms with E-state index in [2.05, 4.69) is 20.8 Å². The van der Waals surface area contributed by atoms with E-state index in [0.717, 1.165) is 33.9 Å². The number of aromatic nitrogens is 3. The third-order valence-corrected chi connectivity index (χ3v) is 15.0. The standard InChI is InChI=1S/C54H46N6O6S4/c1-34-58-59-47(70-34)41-31-68-50-53(33-67,49(64)60(50)44(41)48(63)65-45(35-20-10-5-11-21-35)36-22-12-6-13-23-36)56-46(62)40(30-43(61)66-52(2,3)4)42-32-69-51(55-42)57-54(37-24-14-7-15-25-37,38-26-16-8-17-27-38)39-28-18-9-19-29-39/h5-30,32-33,45,50H,31H2,1-4H3,(H,55,57)(H,56,62)/t50-,53?/m0/s1. The number of rotatable bonds is 15. The van der Waals surface area contributed by atoms with Crippen molar-refractivity contribution in [2.45, 2.75) is 55.9 Å². The first-order chi connectivity index (χ1) is 33.8. The molecule has 1 fully saturated rings.